The van der Waals surface area contributed by atoms with E-state index in [4.69, 9.17) is 0 Å². The topological polar surface area (TPSA) is 23.5 Å². The van der Waals surface area contributed by atoms with Crippen molar-refractivity contribution in [3.05, 3.63) is 35.9 Å². The number of nitrogens with zero attached hydrogens (tertiary/aromatic N) is 1. The number of likely N-dealkylation sites (tertiary alicyclic amines) is 1. The SMILES string of the molecule is CC(C)[C@@](O)(CC#CCN1C[C@]2(C)C[C@H]1CC(C)(C)C2)c1ccccc1. The van der Waals surface area contributed by atoms with Crippen LogP contribution < -0.4 is 0 Å². The molecule has 1 saturated carbocycles. The lowest BCUT2D eigenvalue weighted by molar-refractivity contribution is -0.00533. The van der Waals surface area contributed by atoms with Crippen molar-refractivity contribution in [2.45, 2.75) is 71.9 Å². The van der Waals surface area contributed by atoms with Gasteiger partial charge in [-0.05, 0) is 41.6 Å². The molecule has 2 bridgehead atoms. The Labute approximate surface area is 160 Å². The summed E-state index contributed by atoms with van der Waals surface area (Å²) in [5.74, 6) is 6.81. The molecule has 3 rings (SSSR count). The zero-order chi connectivity index (χ0) is 19.0. The Bertz CT molecular complexity index is 683. The Balaban J connectivity index is 1.65. The summed E-state index contributed by atoms with van der Waals surface area (Å²) >= 11 is 0. The second-order valence-electron chi connectivity index (χ2n) is 10.1. The summed E-state index contributed by atoms with van der Waals surface area (Å²) in [4.78, 5) is 2.58. The molecule has 2 aliphatic rings. The van der Waals surface area contributed by atoms with Crippen molar-refractivity contribution in [3.63, 3.8) is 0 Å². The number of aliphatic hydroxyl groups is 1. The van der Waals surface area contributed by atoms with Crippen molar-refractivity contribution in [2.24, 2.45) is 16.7 Å². The second-order valence-corrected chi connectivity index (χ2v) is 10.1. The molecular formula is C24H35NO. The zero-order valence-corrected chi connectivity index (χ0v) is 17.2. The molecule has 2 heteroatoms. The molecule has 1 aliphatic carbocycles. The molecular weight excluding hydrogens is 318 g/mol. The monoisotopic (exact) mass is 353 g/mol. The first kappa shape index (κ1) is 19.5. The summed E-state index contributed by atoms with van der Waals surface area (Å²) in [6, 6.07) is 10.7. The van der Waals surface area contributed by atoms with Crippen LogP contribution in [0, 0.1) is 28.6 Å². The highest BCUT2D eigenvalue weighted by Crippen LogP contribution is 2.52. The van der Waals surface area contributed by atoms with Gasteiger partial charge >= 0.3 is 0 Å². The van der Waals surface area contributed by atoms with Crippen LogP contribution in [0.5, 0.6) is 0 Å². The highest BCUT2D eigenvalue weighted by Gasteiger charge is 2.49. The van der Waals surface area contributed by atoms with Gasteiger partial charge in [0.25, 0.3) is 0 Å². The Morgan fingerprint density at radius 2 is 1.85 bits per heavy atom. The first-order valence-electron chi connectivity index (χ1n) is 10.1. The van der Waals surface area contributed by atoms with Crippen LogP contribution in [0.1, 0.15) is 65.9 Å². The van der Waals surface area contributed by atoms with Gasteiger partial charge in [0.15, 0.2) is 0 Å². The minimum Gasteiger partial charge on any atom is -0.384 e. The van der Waals surface area contributed by atoms with E-state index in [0.29, 0.717) is 23.3 Å². The molecule has 1 heterocycles. The minimum atomic E-state index is -0.872. The summed E-state index contributed by atoms with van der Waals surface area (Å²) in [7, 11) is 0. The summed E-state index contributed by atoms with van der Waals surface area (Å²) in [5, 5.41) is 11.2. The summed E-state index contributed by atoms with van der Waals surface area (Å²) < 4.78 is 0. The largest absolute Gasteiger partial charge is 0.384 e. The first-order chi connectivity index (χ1) is 12.1. The highest BCUT2D eigenvalue weighted by molar-refractivity contribution is 5.25. The average molecular weight is 354 g/mol. The van der Waals surface area contributed by atoms with Gasteiger partial charge in [-0.15, -0.1) is 0 Å². The fraction of sp³-hybridized carbons (Fsp3) is 0.667. The Morgan fingerprint density at radius 1 is 1.15 bits per heavy atom. The maximum atomic E-state index is 11.2. The third-order valence-corrected chi connectivity index (χ3v) is 6.52. The lowest BCUT2D eigenvalue weighted by Crippen LogP contribution is -2.35. The first-order valence-corrected chi connectivity index (χ1v) is 10.1. The molecule has 26 heavy (non-hydrogen) atoms. The van der Waals surface area contributed by atoms with Crippen LogP contribution in [0.3, 0.4) is 0 Å². The van der Waals surface area contributed by atoms with Gasteiger partial charge in [0.05, 0.1) is 6.54 Å². The van der Waals surface area contributed by atoms with Crippen LogP contribution in [-0.4, -0.2) is 29.1 Å². The Morgan fingerprint density at radius 3 is 2.50 bits per heavy atom. The predicted octanol–water partition coefficient (Wildman–Crippen LogP) is 4.82. The van der Waals surface area contributed by atoms with Crippen molar-refractivity contribution in [1.29, 1.82) is 0 Å². The van der Waals surface area contributed by atoms with Crippen molar-refractivity contribution in [2.75, 3.05) is 13.1 Å². The van der Waals surface area contributed by atoms with Gasteiger partial charge in [-0.25, -0.2) is 0 Å². The third kappa shape index (κ3) is 4.00. The smallest absolute Gasteiger partial charge is 0.103 e. The molecule has 2 fully saturated rings. The van der Waals surface area contributed by atoms with Crippen LogP contribution in [0.2, 0.25) is 0 Å². The molecule has 1 aliphatic heterocycles. The predicted molar refractivity (Wildman–Crippen MR) is 109 cm³/mol. The van der Waals surface area contributed by atoms with E-state index < -0.39 is 5.60 Å². The summed E-state index contributed by atoms with van der Waals surface area (Å²) in [5.41, 5.74) is 1.00. The molecule has 2 nitrogen and oxygen atoms in total. The molecule has 1 saturated heterocycles. The van der Waals surface area contributed by atoms with Crippen molar-refractivity contribution in [3.8, 4) is 11.8 Å². The zero-order valence-electron chi connectivity index (χ0n) is 17.2. The van der Waals surface area contributed by atoms with Crippen molar-refractivity contribution in [1.82, 2.24) is 4.90 Å². The van der Waals surface area contributed by atoms with Gasteiger partial charge in [-0.2, -0.15) is 0 Å². The fourth-order valence-corrected chi connectivity index (χ4v) is 5.48. The number of benzene rings is 1. The standard InChI is InChI=1S/C24H35NO/c1-19(2)24(26,20-11-7-6-8-12-20)13-9-10-14-25-18-23(5)16-21(25)15-22(3,4)17-23/h6-8,11-12,19,21,26H,13-18H2,1-5H3/t21-,23-,24+/m1/s1. The maximum absolute atomic E-state index is 11.2. The van der Waals surface area contributed by atoms with E-state index in [1.165, 1.54) is 25.8 Å². The fourth-order valence-electron chi connectivity index (χ4n) is 5.48. The normalized spacial score (nSPS) is 29.9. The number of hydrogen-bond acceptors (Lipinski definition) is 2. The molecule has 142 valence electrons. The summed E-state index contributed by atoms with van der Waals surface area (Å²) in [6.45, 7) is 13.4. The lowest BCUT2D eigenvalue weighted by atomic mass is 9.65. The molecule has 1 aromatic rings. The molecule has 0 amide bonds. The molecule has 1 aromatic carbocycles. The van der Waals surface area contributed by atoms with Gasteiger partial charge < -0.3 is 5.11 Å². The molecule has 3 atom stereocenters. The van der Waals surface area contributed by atoms with Gasteiger partial charge in [0.1, 0.15) is 5.60 Å². The van der Waals surface area contributed by atoms with Gasteiger partial charge in [0.2, 0.25) is 0 Å². The van der Waals surface area contributed by atoms with E-state index in [-0.39, 0.29) is 5.92 Å². The molecule has 1 N–H and O–H groups in total. The number of rotatable bonds is 4. The van der Waals surface area contributed by atoms with Crippen LogP contribution in [0.4, 0.5) is 0 Å². The van der Waals surface area contributed by atoms with Crippen LogP contribution >= 0.6 is 0 Å². The minimum absolute atomic E-state index is 0.130. The van der Waals surface area contributed by atoms with E-state index in [1.807, 2.05) is 30.3 Å². The Hall–Kier alpha value is -1.30. The Kier molecular flexibility index (Phi) is 5.26. The lowest BCUT2D eigenvalue weighted by Gasteiger charge is -2.39. The average Bonchev–Trinajstić information content (AvgIpc) is 2.80. The van der Waals surface area contributed by atoms with Gasteiger partial charge in [-0.3, -0.25) is 4.90 Å². The van der Waals surface area contributed by atoms with E-state index in [1.54, 1.807) is 0 Å². The molecule has 0 radical (unpaired) electrons. The van der Waals surface area contributed by atoms with Crippen LogP contribution in [-0.2, 0) is 5.60 Å². The van der Waals surface area contributed by atoms with E-state index >= 15 is 0 Å². The summed E-state index contributed by atoms with van der Waals surface area (Å²) in [6.07, 6.45) is 4.42. The van der Waals surface area contributed by atoms with Crippen LogP contribution in [0.15, 0.2) is 30.3 Å². The second kappa shape index (κ2) is 7.02. The number of hydrogen-bond donors (Lipinski definition) is 1. The highest BCUT2D eigenvalue weighted by atomic mass is 16.3. The molecule has 0 spiro atoms. The van der Waals surface area contributed by atoms with Crippen molar-refractivity contribution < 1.29 is 5.11 Å². The van der Waals surface area contributed by atoms with E-state index in [0.717, 1.165) is 12.1 Å². The quantitative estimate of drug-likeness (QED) is 0.784. The third-order valence-electron chi connectivity index (χ3n) is 6.52. The van der Waals surface area contributed by atoms with Crippen molar-refractivity contribution >= 4 is 0 Å². The van der Waals surface area contributed by atoms with E-state index in [2.05, 4.69) is 51.4 Å². The molecule has 0 aromatic heterocycles. The maximum Gasteiger partial charge on any atom is 0.103 e. The van der Waals surface area contributed by atoms with Gasteiger partial charge in [0, 0.05) is 19.0 Å². The van der Waals surface area contributed by atoms with Gasteiger partial charge in [-0.1, -0.05) is 76.8 Å². The number of fused-ring (bicyclic) bond motifs is 2. The van der Waals surface area contributed by atoms with Crippen LogP contribution in [0.25, 0.3) is 0 Å². The van der Waals surface area contributed by atoms with E-state index in [9.17, 15) is 5.11 Å². The molecule has 0 unspecified atom stereocenters.